The number of ether oxygens (including phenoxy) is 1. The number of aromatic nitrogens is 1. The fourth-order valence-electron chi connectivity index (χ4n) is 3.70. The van der Waals surface area contributed by atoms with Gasteiger partial charge in [-0.1, -0.05) is 35.9 Å². The number of thiophene rings is 1. The summed E-state index contributed by atoms with van der Waals surface area (Å²) in [6, 6.07) is 20.7. The Morgan fingerprint density at radius 3 is 2.53 bits per heavy atom. The number of hydrogen-bond acceptors (Lipinski definition) is 5. The largest absolute Gasteiger partial charge is 0.492 e. The van der Waals surface area contributed by atoms with E-state index in [0.717, 1.165) is 38.3 Å². The highest BCUT2D eigenvalue weighted by Gasteiger charge is 2.17. The number of nitrogens with two attached hydrogens (primary N) is 1. The quantitative estimate of drug-likeness (QED) is 0.326. The van der Waals surface area contributed by atoms with Crippen LogP contribution in [0.3, 0.4) is 0 Å². The van der Waals surface area contributed by atoms with Crippen molar-refractivity contribution in [1.82, 2.24) is 4.57 Å². The minimum Gasteiger partial charge on any atom is -0.492 e. The van der Waals surface area contributed by atoms with Crippen LogP contribution < -0.4 is 10.5 Å². The molecule has 5 rings (SSSR count). The second-order valence-corrected chi connectivity index (χ2v) is 9.95. The fourth-order valence-corrected chi connectivity index (χ4v) is 4.78. The molecule has 0 fully saturated rings. The van der Waals surface area contributed by atoms with Crippen LogP contribution in [0.4, 0.5) is 0 Å². The lowest BCUT2D eigenvalue weighted by atomic mass is 10.1. The Hall–Kier alpha value is -2.62. The summed E-state index contributed by atoms with van der Waals surface area (Å²) in [7, 11) is -3.67. The van der Waals surface area contributed by atoms with Gasteiger partial charge in [-0.3, -0.25) is 4.55 Å². The van der Waals surface area contributed by atoms with Gasteiger partial charge in [0.2, 0.25) is 0 Å². The highest BCUT2D eigenvalue weighted by atomic mass is 35.5. The molecule has 0 radical (unpaired) electrons. The molecule has 0 bridgehead atoms. The molecule has 5 aromatic rings. The number of para-hydroxylation sites is 1. The summed E-state index contributed by atoms with van der Waals surface area (Å²) in [4.78, 5) is 0. The van der Waals surface area contributed by atoms with Gasteiger partial charge in [-0.25, -0.2) is 0 Å². The predicted octanol–water partition coefficient (Wildman–Crippen LogP) is 5.49. The number of hydrogen-bond donors (Lipinski definition) is 2. The number of nitrogens with zero attached hydrogens (tertiary/aromatic N) is 1. The van der Waals surface area contributed by atoms with Crippen LogP contribution in [0.1, 0.15) is 0 Å². The van der Waals surface area contributed by atoms with Gasteiger partial charge in [0.1, 0.15) is 12.4 Å². The van der Waals surface area contributed by atoms with Crippen LogP contribution in [-0.2, 0) is 10.1 Å². The Bertz CT molecular complexity index is 1520. The van der Waals surface area contributed by atoms with E-state index in [-0.39, 0.29) is 0 Å². The molecule has 0 amide bonds. The van der Waals surface area contributed by atoms with Crippen molar-refractivity contribution in [3.8, 4) is 11.4 Å². The first-order valence-corrected chi connectivity index (χ1v) is 12.8. The summed E-state index contributed by atoms with van der Waals surface area (Å²) in [6.07, 6.45) is 0.715. The lowest BCUT2D eigenvalue weighted by Gasteiger charge is -2.08. The molecule has 0 atom stereocenters. The van der Waals surface area contributed by atoms with Gasteiger partial charge in [-0.05, 0) is 36.4 Å². The number of rotatable bonds is 4. The molecule has 3 aromatic carbocycles. The highest BCUT2D eigenvalue weighted by Crippen LogP contribution is 2.40. The molecular weight excluding hydrogens is 468 g/mol. The van der Waals surface area contributed by atoms with Crippen LogP contribution in [0.5, 0.6) is 5.75 Å². The number of fused-ring (bicyclic) bond motifs is 4. The third-order valence-corrected chi connectivity index (χ3v) is 5.98. The maximum absolute atomic E-state index is 9.19. The maximum atomic E-state index is 9.19. The summed E-state index contributed by atoms with van der Waals surface area (Å²) in [5, 5.41) is 6.38. The van der Waals surface area contributed by atoms with Crippen LogP contribution in [0, 0.1) is 0 Å². The molecule has 0 saturated heterocycles. The van der Waals surface area contributed by atoms with Gasteiger partial charge >= 0.3 is 0 Å². The molecule has 6 nitrogen and oxygen atoms in total. The lowest BCUT2D eigenvalue weighted by molar-refractivity contribution is 0.332. The van der Waals surface area contributed by atoms with Crippen LogP contribution in [-0.4, -0.2) is 36.9 Å². The van der Waals surface area contributed by atoms with Crippen LogP contribution >= 0.6 is 22.9 Å². The highest BCUT2D eigenvalue weighted by molar-refractivity contribution is 7.85. The Balaban J connectivity index is 0.000000444. The number of halogens is 1. The first-order chi connectivity index (χ1) is 15.3. The fraction of sp³-hybridized carbons (Fsp3) is 0.130. The second kappa shape index (κ2) is 9.09. The van der Waals surface area contributed by atoms with Crippen molar-refractivity contribution in [1.29, 1.82) is 0 Å². The minimum atomic E-state index is -3.67. The normalized spacial score (nSPS) is 11.6. The molecule has 166 valence electrons. The average molecular weight is 489 g/mol. The van der Waals surface area contributed by atoms with Gasteiger partial charge in [0.25, 0.3) is 10.1 Å². The van der Waals surface area contributed by atoms with Gasteiger partial charge < -0.3 is 15.0 Å². The number of benzene rings is 3. The van der Waals surface area contributed by atoms with E-state index >= 15 is 0 Å². The molecular formula is C23H21ClN2O4S2. The van der Waals surface area contributed by atoms with E-state index in [1.807, 2.05) is 24.3 Å². The topological polar surface area (TPSA) is 94.6 Å². The van der Waals surface area contributed by atoms with Crippen molar-refractivity contribution < 1.29 is 17.7 Å². The molecule has 9 heteroatoms. The molecule has 0 unspecified atom stereocenters. The zero-order valence-electron chi connectivity index (χ0n) is 17.2. The van der Waals surface area contributed by atoms with E-state index in [4.69, 9.17) is 26.6 Å². The SMILES string of the molecule is CS(=O)(=O)O.NCCOc1cccc2c1c1ccccc1n2-c1csc2ccc(Cl)cc12. The predicted molar refractivity (Wildman–Crippen MR) is 133 cm³/mol. The van der Waals surface area contributed by atoms with E-state index in [0.29, 0.717) is 19.4 Å². The Kier molecular flexibility index (Phi) is 6.41. The van der Waals surface area contributed by atoms with Crippen LogP contribution in [0.2, 0.25) is 5.02 Å². The Labute approximate surface area is 194 Å². The Morgan fingerprint density at radius 2 is 1.78 bits per heavy atom. The first kappa shape index (κ1) is 22.6. The van der Waals surface area contributed by atoms with E-state index in [1.54, 1.807) is 11.3 Å². The smallest absolute Gasteiger partial charge is 0.261 e. The standard InChI is InChI=1S/C22H17ClN2OS.CH4O3S/c23-14-8-9-21-16(12-14)19(13-27-21)25-17-5-2-1-4-15(17)22-18(25)6-3-7-20(22)26-11-10-24;1-5(2,3)4/h1-9,12-13H,10-11,24H2;1H3,(H,2,3,4). The summed E-state index contributed by atoms with van der Waals surface area (Å²) in [6.45, 7) is 0.984. The molecule has 2 aromatic heterocycles. The molecule has 0 saturated carbocycles. The minimum absolute atomic E-state index is 0.489. The molecule has 32 heavy (non-hydrogen) atoms. The molecule has 3 N–H and O–H groups in total. The summed E-state index contributed by atoms with van der Waals surface area (Å²) < 4.78 is 35.3. The van der Waals surface area contributed by atoms with Gasteiger partial charge in [0, 0.05) is 37.8 Å². The average Bonchev–Trinajstić information content (AvgIpc) is 3.29. The lowest BCUT2D eigenvalue weighted by Crippen LogP contribution is -2.10. The molecule has 0 spiro atoms. The third kappa shape index (κ3) is 4.60. The Morgan fingerprint density at radius 1 is 1.06 bits per heavy atom. The van der Waals surface area contributed by atoms with Gasteiger partial charge in [-0.15, -0.1) is 11.3 Å². The zero-order valence-corrected chi connectivity index (χ0v) is 19.5. The van der Waals surface area contributed by atoms with E-state index in [9.17, 15) is 8.42 Å². The first-order valence-electron chi connectivity index (χ1n) is 9.72. The van der Waals surface area contributed by atoms with Gasteiger partial charge in [0.15, 0.2) is 0 Å². The van der Waals surface area contributed by atoms with E-state index in [2.05, 4.69) is 46.3 Å². The van der Waals surface area contributed by atoms with Crippen LogP contribution in [0.15, 0.2) is 66.0 Å². The van der Waals surface area contributed by atoms with Crippen LogP contribution in [0.25, 0.3) is 37.6 Å². The van der Waals surface area contributed by atoms with Crippen molar-refractivity contribution >= 4 is 64.9 Å². The van der Waals surface area contributed by atoms with E-state index in [1.165, 1.54) is 10.1 Å². The van der Waals surface area contributed by atoms with Crippen molar-refractivity contribution in [2.24, 2.45) is 5.73 Å². The molecule has 0 aliphatic heterocycles. The molecule has 0 aliphatic carbocycles. The molecule has 2 heterocycles. The maximum Gasteiger partial charge on any atom is 0.261 e. The summed E-state index contributed by atoms with van der Waals surface area (Å²) in [5.74, 6) is 0.866. The van der Waals surface area contributed by atoms with Gasteiger partial charge in [0.05, 0.1) is 23.0 Å². The second-order valence-electron chi connectivity index (χ2n) is 7.13. The van der Waals surface area contributed by atoms with Crippen molar-refractivity contribution in [3.05, 3.63) is 71.1 Å². The van der Waals surface area contributed by atoms with Crippen molar-refractivity contribution in [3.63, 3.8) is 0 Å². The third-order valence-electron chi connectivity index (χ3n) is 4.79. The molecule has 0 aliphatic rings. The monoisotopic (exact) mass is 488 g/mol. The van der Waals surface area contributed by atoms with Crippen molar-refractivity contribution in [2.75, 3.05) is 19.4 Å². The van der Waals surface area contributed by atoms with Crippen molar-refractivity contribution in [2.45, 2.75) is 0 Å². The van der Waals surface area contributed by atoms with E-state index < -0.39 is 10.1 Å². The summed E-state index contributed by atoms with van der Waals surface area (Å²) in [5.41, 5.74) is 9.05. The zero-order chi connectivity index (χ0) is 22.9. The van der Waals surface area contributed by atoms with Gasteiger partial charge in [-0.2, -0.15) is 8.42 Å². The summed E-state index contributed by atoms with van der Waals surface area (Å²) >= 11 is 8.02.